The molecule has 0 unspecified atom stereocenters. The molecule has 0 aliphatic heterocycles. The molecule has 11 heavy (non-hydrogen) atoms. The molecule has 2 nitrogen and oxygen atoms in total. The molecule has 0 saturated carbocycles. The first kappa shape index (κ1) is 12.8. The highest BCUT2D eigenvalue weighted by atomic mass is 16.5. The fourth-order valence-corrected chi connectivity index (χ4v) is 0.347. The van der Waals surface area contributed by atoms with E-state index in [1.54, 1.807) is 6.20 Å². The van der Waals surface area contributed by atoms with E-state index in [9.17, 15) is 0 Å². The van der Waals surface area contributed by atoms with Gasteiger partial charge in [0.2, 0.25) is 0 Å². The molecule has 0 atom stereocenters. The number of nitrogens with zero attached hydrogens (tertiary/aromatic N) is 1. The van der Waals surface area contributed by atoms with E-state index in [-0.39, 0.29) is 0 Å². The SMILES string of the molecule is CC.CC.Cc1cnoc1C. The molecule has 0 N–H and O–H groups in total. The molecule has 1 aromatic rings. The second-order valence-electron chi connectivity index (χ2n) is 1.56. The van der Waals surface area contributed by atoms with Crippen molar-refractivity contribution < 1.29 is 4.52 Å². The number of hydrogen-bond donors (Lipinski definition) is 0. The molecule has 0 spiro atoms. The average Bonchev–Trinajstić information content (AvgIpc) is 2.44. The smallest absolute Gasteiger partial charge is 0.136 e. The Morgan fingerprint density at radius 3 is 1.64 bits per heavy atom. The summed E-state index contributed by atoms with van der Waals surface area (Å²) in [5.74, 6) is 0.903. The molecule has 0 aliphatic carbocycles. The molecule has 0 aromatic carbocycles. The quantitative estimate of drug-likeness (QED) is 0.577. The third-order valence-electron chi connectivity index (χ3n) is 0.991. The Kier molecular flexibility index (Phi) is 10.8. The molecule has 0 saturated heterocycles. The third kappa shape index (κ3) is 5.64. The van der Waals surface area contributed by atoms with E-state index in [1.807, 2.05) is 41.5 Å². The summed E-state index contributed by atoms with van der Waals surface area (Å²) in [5, 5.41) is 3.55. The topological polar surface area (TPSA) is 26.0 Å². The Hall–Kier alpha value is -0.790. The van der Waals surface area contributed by atoms with Crippen molar-refractivity contribution in [3.8, 4) is 0 Å². The Morgan fingerprint density at radius 1 is 1.09 bits per heavy atom. The number of aromatic nitrogens is 1. The zero-order valence-electron chi connectivity index (χ0n) is 8.43. The summed E-state index contributed by atoms with van der Waals surface area (Å²) in [6.45, 7) is 11.9. The third-order valence-corrected chi connectivity index (χ3v) is 0.991. The second-order valence-corrected chi connectivity index (χ2v) is 1.56. The number of hydrogen-bond acceptors (Lipinski definition) is 2. The van der Waals surface area contributed by atoms with Crippen molar-refractivity contribution in [2.24, 2.45) is 0 Å². The van der Waals surface area contributed by atoms with E-state index in [4.69, 9.17) is 4.52 Å². The van der Waals surface area contributed by atoms with Crippen molar-refractivity contribution in [1.29, 1.82) is 0 Å². The van der Waals surface area contributed by atoms with Crippen LogP contribution in [0.4, 0.5) is 0 Å². The molecule has 0 radical (unpaired) electrons. The Morgan fingerprint density at radius 2 is 1.55 bits per heavy atom. The summed E-state index contributed by atoms with van der Waals surface area (Å²) < 4.78 is 4.71. The van der Waals surface area contributed by atoms with E-state index in [0.29, 0.717) is 0 Å². The van der Waals surface area contributed by atoms with Crippen LogP contribution in [-0.2, 0) is 0 Å². The highest BCUT2D eigenvalue weighted by Gasteiger charge is 1.91. The van der Waals surface area contributed by atoms with Crippen molar-refractivity contribution in [3.63, 3.8) is 0 Å². The van der Waals surface area contributed by atoms with Crippen molar-refractivity contribution in [3.05, 3.63) is 17.5 Å². The summed E-state index contributed by atoms with van der Waals surface area (Å²) in [4.78, 5) is 0. The molecule has 66 valence electrons. The summed E-state index contributed by atoms with van der Waals surface area (Å²) in [6, 6.07) is 0. The maximum absolute atomic E-state index is 4.71. The van der Waals surface area contributed by atoms with Crippen LogP contribution in [0.25, 0.3) is 0 Å². The Balaban J connectivity index is 0. The van der Waals surface area contributed by atoms with Crippen LogP contribution >= 0.6 is 0 Å². The first-order valence-corrected chi connectivity index (χ1v) is 4.18. The lowest BCUT2D eigenvalue weighted by Gasteiger charge is -1.75. The highest BCUT2D eigenvalue weighted by molar-refractivity contribution is 5.07. The summed E-state index contributed by atoms with van der Waals surface area (Å²) in [5.41, 5.74) is 1.11. The van der Waals surface area contributed by atoms with E-state index in [2.05, 4.69) is 5.16 Å². The van der Waals surface area contributed by atoms with Gasteiger partial charge in [0.15, 0.2) is 0 Å². The van der Waals surface area contributed by atoms with Gasteiger partial charge < -0.3 is 4.52 Å². The van der Waals surface area contributed by atoms with E-state index in [1.165, 1.54) is 0 Å². The van der Waals surface area contributed by atoms with Gasteiger partial charge in [-0.3, -0.25) is 0 Å². The fraction of sp³-hybridized carbons (Fsp3) is 0.667. The lowest BCUT2D eigenvalue weighted by Crippen LogP contribution is -1.63. The van der Waals surface area contributed by atoms with Gasteiger partial charge in [-0.25, -0.2) is 0 Å². The van der Waals surface area contributed by atoms with Crippen LogP contribution in [0.1, 0.15) is 39.0 Å². The molecular weight excluding hydrogens is 138 g/mol. The van der Waals surface area contributed by atoms with Gasteiger partial charge in [0.25, 0.3) is 0 Å². The monoisotopic (exact) mass is 157 g/mol. The van der Waals surface area contributed by atoms with Crippen LogP contribution in [0, 0.1) is 13.8 Å². The largest absolute Gasteiger partial charge is 0.361 e. The fourth-order valence-electron chi connectivity index (χ4n) is 0.347. The van der Waals surface area contributed by atoms with Crippen LogP contribution < -0.4 is 0 Å². The first-order valence-electron chi connectivity index (χ1n) is 4.18. The Labute approximate surface area is 69.6 Å². The maximum Gasteiger partial charge on any atom is 0.136 e. The summed E-state index contributed by atoms with van der Waals surface area (Å²) in [6.07, 6.45) is 1.70. The van der Waals surface area contributed by atoms with Gasteiger partial charge in [0.1, 0.15) is 5.76 Å². The summed E-state index contributed by atoms with van der Waals surface area (Å²) >= 11 is 0. The van der Waals surface area contributed by atoms with Crippen LogP contribution in [-0.4, -0.2) is 5.16 Å². The molecule has 2 heteroatoms. The normalized spacial score (nSPS) is 7.09. The zero-order chi connectivity index (χ0) is 9.28. The minimum absolute atomic E-state index is 0.903. The van der Waals surface area contributed by atoms with Gasteiger partial charge in [-0.15, -0.1) is 0 Å². The lowest BCUT2D eigenvalue weighted by molar-refractivity contribution is 0.396. The second kappa shape index (κ2) is 9.21. The van der Waals surface area contributed by atoms with Gasteiger partial charge in [-0.05, 0) is 13.8 Å². The van der Waals surface area contributed by atoms with Gasteiger partial charge >= 0.3 is 0 Å². The van der Waals surface area contributed by atoms with Gasteiger partial charge in [-0.1, -0.05) is 32.9 Å². The molecule has 0 bridgehead atoms. The molecule has 1 heterocycles. The highest BCUT2D eigenvalue weighted by Crippen LogP contribution is 2.00. The Bertz CT molecular complexity index is 142. The van der Waals surface area contributed by atoms with Crippen LogP contribution in [0.15, 0.2) is 10.7 Å². The molecule has 0 aliphatic rings. The maximum atomic E-state index is 4.71. The minimum atomic E-state index is 0.903. The molecule has 0 amide bonds. The number of rotatable bonds is 0. The minimum Gasteiger partial charge on any atom is -0.361 e. The van der Waals surface area contributed by atoms with E-state index < -0.39 is 0 Å². The average molecular weight is 157 g/mol. The molecule has 1 rings (SSSR count). The van der Waals surface area contributed by atoms with E-state index >= 15 is 0 Å². The lowest BCUT2D eigenvalue weighted by atomic mass is 10.3. The first-order chi connectivity index (χ1) is 5.30. The van der Waals surface area contributed by atoms with Crippen LogP contribution in [0.5, 0.6) is 0 Å². The van der Waals surface area contributed by atoms with E-state index in [0.717, 1.165) is 11.3 Å². The van der Waals surface area contributed by atoms with Gasteiger partial charge in [0, 0.05) is 5.56 Å². The molecule has 1 aromatic heterocycles. The van der Waals surface area contributed by atoms with Crippen molar-refractivity contribution >= 4 is 0 Å². The summed E-state index contributed by atoms with van der Waals surface area (Å²) in [7, 11) is 0. The van der Waals surface area contributed by atoms with Gasteiger partial charge in [0.05, 0.1) is 6.20 Å². The van der Waals surface area contributed by atoms with Crippen LogP contribution in [0.2, 0.25) is 0 Å². The van der Waals surface area contributed by atoms with Crippen molar-refractivity contribution in [1.82, 2.24) is 5.16 Å². The molecular formula is C9H19NO. The molecule has 0 fully saturated rings. The predicted octanol–water partition coefficient (Wildman–Crippen LogP) is 3.34. The predicted molar refractivity (Wildman–Crippen MR) is 48.7 cm³/mol. The van der Waals surface area contributed by atoms with Crippen molar-refractivity contribution in [2.75, 3.05) is 0 Å². The zero-order valence-corrected chi connectivity index (χ0v) is 8.43. The standard InChI is InChI=1S/C5H7NO.2C2H6/c1-4-3-6-7-5(4)2;2*1-2/h3H,1-2H3;2*1-2H3. The van der Waals surface area contributed by atoms with Crippen molar-refractivity contribution in [2.45, 2.75) is 41.5 Å². The number of aryl methyl sites for hydroxylation is 2. The van der Waals surface area contributed by atoms with Crippen LogP contribution in [0.3, 0.4) is 0 Å². The van der Waals surface area contributed by atoms with Gasteiger partial charge in [-0.2, -0.15) is 0 Å².